The van der Waals surface area contributed by atoms with E-state index < -0.39 is 52.3 Å². The Bertz CT molecular complexity index is 1310. The van der Waals surface area contributed by atoms with E-state index in [0.29, 0.717) is 21.8 Å². The van der Waals surface area contributed by atoms with Gasteiger partial charge in [0, 0.05) is 28.3 Å². The minimum absolute atomic E-state index is 0.0594. The summed E-state index contributed by atoms with van der Waals surface area (Å²) in [6.07, 6.45) is -2.18. The molecule has 14 nitrogen and oxygen atoms in total. The van der Waals surface area contributed by atoms with Crippen LogP contribution in [0, 0.1) is 39.0 Å². The van der Waals surface area contributed by atoms with E-state index in [1.807, 2.05) is 13.8 Å². The van der Waals surface area contributed by atoms with Crippen molar-refractivity contribution in [2.24, 2.45) is 11.8 Å². The lowest BCUT2D eigenvalue weighted by Gasteiger charge is -2.34. The zero-order valence-electron chi connectivity index (χ0n) is 22.5. The predicted octanol–water partition coefficient (Wildman–Crippen LogP) is 4.06. The third-order valence-electron chi connectivity index (χ3n) is 7.23. The Kier molecular flexibility index (Phi) is 8.92. The number of carbonyl (C=O) groups is 2. The number of ether oxygens (including phenoxy) is 1. The number of hydrogen-bond acceptors (Lipinski definition) is 10. The van der Waals surface area contributed by atoms with E-state index in [-0.39, 0.29) is 37.5 Å². The molecule has 5 atom stereocenters. The van der Waals surface area contributed by atoms with Gasteiger partial charge < -0.3 is 19.5 Å². The maximum absolute atomic E-state index is 14.2. The first-order chi connectivity index (χ1) is 19.4. The Morgan fingerprint density at radius 2 is 1.73 bits per heavy atom. The fraction of sp³-hybridized carbons (Fsp3) is 0.500. The predicted molar refractivity (Wildman–Crippen MR) is 142 cm³/mol. The van der Waals surface area contributed by atoms with Gasteiger partial charge in [0.1, 0.15) is 24.4 Å². The number of anilines is 1. The lowest BCUT2D eigenvalue weighted by atomic mass is 9.95. The number of carbonyl (C=O) groups excluding carboxylic acids is 1. The second-order valence-corrected chi connectivity index (χ2v) is 10.9. The molecule has 1 aromatic heterocycles. The molecule has 2 aliphatic rings. The van der Waals surface area contributed by atoms with E-state index in [9.17, 15) is 34.9 Å². The highest BCUT2D eigenvalue weighted by atomic mass is 35.5. The van der Waals surface area contributed by atoms with Gasteiger partial charge in [-0.15, -0.1) is 20.2 Å². The molecule has 15 heteroatoms. The zero-order valence-corrected chi connectivity index (χ0v) is 23.2. The highest BCUT2D eigenvalue weighted by Gasteiger charge is 2.47. The van der Waals surface area contributed by atoms with Crippen LogP contribution in [0.15, 0.2) is 30.5 Å². The second kappa shape index (κ2) is 12.2. The molecule has 220 valence electrons. The second-order valence-electron chi connectivity index (χ2n) is 10.5. The molecule has 1 N–H and O–H groups in total. The number of rotatable bonds is 11. The van der Waals surface area contributed by atoms with Gasteiger partial charge in [-0.2, -0.15) is 0 Å². The Morgan fingerprint density at radius 3 is 2.24 bits per heavy atom. The number of nitrogens with zero attached hydrogens (tertiary/aromatic N) is 4. The summed E-state index contributed by atoms with van der Waals surface area (Å²) in [5.74, 6) is -3.14. The summed E-state index contributed by atoms with van der Waals surface area (Å²) >= 11 is 6.04. The van der Waals surface area contributed by atoms with Crippen molar-refractivity contribution < 1.29 is 39.3 Å². The van der Waals surface area contributed by atoms with Crippen molar-refractivity contribution in [2.45, 2.75) is 71.0 Å². The Labute approximate surface area is 239 Å². The monoisotopic (exact) mass is 592 g/mol. The van der Waals surface area contributed by atoms with Crippen LogP contribution in [-0.2, 0) is 30.6 Å². The number of pyridine rings is 1. The van der Waals surface area contributed by atoms with Crippen LogP contribution in [0.2, 0.25) is 5.02 Å². The van der Waals surface area contributed by atoms with Crippen LogP contribution >= 0.6 is 11.6 Å². The molecule has 1 saturated carbocycles. The van der Waals surface area contributed by atoms with Crippen LogP contribution in [0.3, 0.4) is 0 Å². The normalized spacial score (nSPS) is 22.2. The number of fused-ring (bicyclic) bond motifs is 1. The van der Waals surface area contributed by atoms with Gasteiger partial charge in [0.25, 0.3) is 10.2 Å². The number of amides is 1. The molecule has 1 fully saturated rings. The van der Waals surface area contributed by atoms with E-state index in [1.165, 1.54) is 4.90 Å². The van der Waals surface area contributed by atoms with E-state index in [0.717, 1.165) is 5.56 Å². The average molecular weight is 593 g/mol. The maximum Gasteiger partial charge on any atom is 0.326 e. The van der Waals surface area contributed by atoms with E-state index in [4.69, 9.17) is 16.3 Å². The van der Waals surface area contributed by atoms with Crippen molar-refractivity contribution in [2.75, 3.05) is 4.90 Å². The maximum atomic E-state index is 14.2. The summed E-state index contributed by atoms with van der Waals surface area (Å²) in [4.78, 5) is 63.7. The number of aryl methyl sites for hydroxylation is 1. The van der Waals surface area contributed by atoms with Crippen LogP contribution < -0.4 is 4.90 Å². The van der Waals surface area contributed by atoms with Crippen molar-refractivity contribution in [3.05, 3.63) is 78.1 Å². The molecule has 0 spiro atoms. The molecule has 2 aromatic rings. The number of carboxylic acid groups (broad SMARTS) is 1. The first-order valence-corrected chi connectivity index (χ1v) is 13.3. The largest absolute Gasteiger partial charge is 0.480 e. The molecule has 1 aromatic carbocycles. The summed E-state index contributed by atoms with van der Waals surface area (Å²) in [5.41, 5.74) is 2.66. The summed E-state index contributed by atoms with van der Waals surface area (Å²) in [7, 11) is 0. The molecular weight excluding hydrogens is 564 g/mol. The van der Waals surface area contributed by atoms with Crippen LogP contribution in [0.4, 0.5) is 5.69 Å². The standard InChI is InChI=1S/C26H29ClN4O10/c1-13(2)8-20(26(33)34)29(25(32)16-9-21(40-30(35)36)22(10-16)41-31(37)38)23-14(3)28-11-18-19(23)12-39-24(18)15-4-6-17(27)7-5-15/h4-7,11,13,16,20-22,24H,8-10,12H2,1-3H3,(H,33,34)/t16?,20-,21-,22+,24?/m1/s1. The topological polar surface area (TPSA) is 184 Å². The van der Waals surface area contributed by atoms with Gasteiger partial charge in [-0.05, 0) is 49.8 Å². The van der Waals surface area contributed by atoms with Gasteiger partial charge >= 0.3 is 5.97 Å². The van der Waals surface area contributed by atoms with Crippen LogP contribution in [-0.4, -0.2) is 50.4 Å². The van der Waals surface area contributed by atoms with Gasteiger partial charge in [-0.1, -0.05) is 37.6 Å². The molecule has 2 unspecified atom stereocenters. The van der Waals surface area contributed by atoms with Crippen LogP contribution in [0.5, 0.6) is 0 Å². The zero-order chi connectivity index (χ0) is 30.0. The quantitative estimate of drug-likeness (QED) is 0.293. The minimum atomic E-state index is -1.39. The fourth-order valence-electron chi connectivity index (χ4n) is 5.51. The Morgan fingerprint density at radius 1 is 1.15 bits per heavy atom. The highest BCUT2D eigenvalue weighted by molar-refractivity contribution is 6.30. The summed E-state index contributed by atoms with van der Waals surface area (Å²) in [5, 5.41) is 30.7. The third-order valence-corrected chi connectivity index (χ3v) is 7.49. The SMILES string of the molecule is Cc1ncc2c(c1N(C(=O)C1C[C@H](O[N+](=O)[O-])[C@H](O[N+](=O)[O-])C1)[C@H](CC(C)C)C(=O)O)COC2c1ccc(Cl)cc1. The van der Waals surface area contributed by atoms with Gasteiger partial charge in [0.05, 0.1) is 18.0 Å². The summed E-state index contributed by atoms with van der Waals surface area (Å²) in [6.45, 7) is 5.34. The molecule has 0 radical (unpaired) electrons. The molecule has 1 amide bonds. The van der Waals surface area contributed by atoms with Crippen molar-refractivity contribution in [1.82, 2.24) is 4.98 Å². The lowest BCUT2D eigenvalue weighted by molar-refractivity contribution is -0.797. The molecule has 0 bridgehead atoms. The minimum Gasteiger partial charge on any atom is -0.480 e. The Hall–Kier alpha value is -4.04. The first kappa shape index (κ1) is 29.9. The van der Waals surface area contributed by atoms with Crippen molar-refractivity contribution >= 4 is 29.2 Å². The van der Waals surface area contributed by atoms with E-state index in [1.54, 1.807) is 37.4 Å². The number of aliphatic carboxylic acids is 1. The molecule has 1 aliphatic carbocycles. The first-order valence-electron chi connectivity index (χ1n) is 12.9. The van der Waals surface area contributed by atoms with Gasteiger partial charge in [-0.3, -0.25) is 14.7 Å². The summed E-state index contributed by atoms with van der Waals surface area (Å²) in [6, 6.07) is 5.70. The van der Waals surface area contributed by atoms with Crippen LogP contribution in [0.25, 0.3) is 0 Å². The van der Waals surface area contributed by atoms with Gasteiger partial charge in [0.2, 0.25) is 5.91 Å². The fourth-order valence-corrected chi connectivity index (χ4v) is 5.64. The van der Waals surface area contributed by atoms with Crippen molar-refractivity contribution in [1.29, 1.82) is 0 Å². The average Bonchev–Trinajstić information content (AvgIpc) is 3.48. The third kappa shape index (κ3) is 6.49. The summed E-state index contributed by atoms with van der Waals surface area (Å²) < 4.78 is 6.08. The van der Waals surface area contributed by atoms with E-state index in [2.05, 4.69) is 14.7 Å². The number of hydrogen-bond donors (Lipinski definition) is 1. The smallest absolute Gasteiger partial charge is 0.326 e. The highest BCUT2D eigenvalue weighted by Crippen LogP contribution is 2.43. The van der Waals surface area contributed by atoms with Crippen molar-refractivity contribution in [3.8, 4) is 0 Å². The molecule has 1 aliphatic heterocycles. The number of benzene rings is 1. The molecule has 41 heavy (non-hydrogen) atoms. The molecule has 2 heterocycles. The molecule has 4 rings (SSSR count). The number of aromatic nitrogens is 1. The Balaban J connectivity index is 1.79. The van der Waals surface area contributed by atoms with Gasteiger partial charge in [0.15, 0.2) is 0 Å². The molecule has 0 saturated heterocycles. The van der Waals surface area contributed by atoms with Crippen molar-refractivity contribution in [3.63, 3.8) is 0 Å². The number of halogens is 1. The van der Waals surface area contributed by atoms with E-state index >= 15 is 0 Å². The molecular formula is C26H29ClN4O10. The van der Waals surface area contributed by atoms with Crippen LogP contribution in [0.1, 0.15) is 61.6 Å². The number of carboxylic acids is 1. The van der Waals surface area contributed by atoms with Gasteiger partial charge in [-0.25, -0.2) is 4.79 Å². The lowest BCUT2D eigenvalue weighted by Crippen LogP contribution is -2.49.